The monoisotopic (exact) mass is 423 g/mol. The number of nitrogens with zero attached hydrogens (tertiary/aromatic N) is 4. The van der Waals surface area contributed by atoms with Gasteiger partial charge in [-0.05, 0) is 31.0 Å². The van der Waals surface area contributed by atoms with Crippen LogP contribution in [0.2, 0.25) is 0 Å². The van der Waals surface area contributed by atoms with Crippen molar-refractivity contribution in [3.05, 3.63) is 30.7 Å². The highest BCUT2D eigenvalue weighted by molar-refractivity contribution is 5.89. The first-order valence-electron chi connectivity index (χ1n) is 9.83. The second kappa shape index (κ2) is 7.92. The molecule has 10 heteroatoms. The van der Waals surface area contributed by atoms with E-state index >= 15 is 0 Å². The minimum Gasteiger partial charge on any atom is -0.490 e. The van der Waals surface area contributed by atoms with Crippen molar-refractivity contribution in [2.24, 2.45) is 13.0 Å². The van der Waals surface area contributed by atoms with Crippen molar-refractivity contribution in [3.8, 4) is 16.9 Å². The summed E-state index contributed by atoms with van der Waals surface area (Å²) in [5.74, 6) is 0.813. The van der Waals surface area contributed by atoms with E-state index in [0.717, 1.165) is 16.5 Å². The Bertz CT molecular complexity index is 1030. The van der Waals surface area contributed by atoms with Crippen LogP contribution in [-0.2, 0) is 13.6 Å². The molecule has 4 rings (SSSR count). The van der Waals surface area contributed by atoms with Crippen LogP contribution in [0.5, 0.6) is 5.75 Å². The van der Waals surface area contributed by atoms with E-state index in [9.17, 15) is 18.3 Å². The first kappa shape index (κ1) is 20.7. The van der Waals surface area contributed by atoms with E-state index in [-0.39, 0.29) is 18.6 Å². The Morgan fingerprint density at radius 3 is 2.80 bits per heavy atom. The van der Waals surface area contributed by atoms with Crippen molar-refractivity contribution in [1.29, 1.82) is 0 Å². The normalized spacial score (nSPS) is 20.7. The minimum absolute atomic E-state index is 0.136. The molecule has 7 nitrogen and oxygen atoms in total. The van der Waals surface area contributed by atoms with Crippen molar-refractivity contribution in [3.63, 3.8) is 0 Å². The third kappa shape index (κ3) is 4.59. The van der Waals surface area contributed by atoms with Crippen LogP contribution in [0.1, 0.15) is 19.8 Å². The largest absolute Gasteiger partial charge is 0.490 e. The van der Waals surface area contributed by atoms with Gasteiger partial charge >= 0.3 is 6.18 Å². The number of nitrogens with one attached hydrogen (secondary N) is 1. The number of rotatable bonds is 6. The number of aliphatic hydroxyl groups excluding tert-OH is 1. The molecule has 30 heavy (non-hydrogen) atoms. The van der Waals surface area contributed by atoms with Gasteiger partial charge in [0.25, 0.3) is 0 Å². The molecule has 0 spiro atoms. The van der Waals surface area contributed by atoms with Gasteiger partial charge in [0.05, 0.1) is 23.5 Å². The molecule has 3 unspecified atom stereocenters. The highest BCUT2D eigenvalue weighted by Gasteiger charge is 2.29. The predicted molar refractivity (Wildman–Crippen MR) is 105 cm³/mol. The zero-order valence-corrected chi connectivity index (χ0v) is 16.7. The van der Waals surface area contributed by atoms with Gasteiger partial charge in [0.2, 0.25) is 0 Å². The lowest BCUT2D eigenvalue weighted by Crippen LogP contribution is -2.25. The molecule has 3 heterocycles. The van der Waals surface area contributed by atoms with Crippen LogP contribution in [0.25, 0.3) is 22.0 Å². The van der Waals surface area contributed by atoms with Gasteiger partial charge in [-0.25, -0.2) is 0 Å². The zero-order chi connectivity index (χ0) is 21.5. The standard InChI is InChI=1S/C20H24F3N5O2/c1-12(14-7-19(29)24-8-14)30-18-6-13(5-17-16(18)11-27(2)26-17)15-9-25-28(10-15)4-3-20(21,22)23/h5-6,9-12,14,19,24,29H,3-4,7-8H2,1-2H3. The maximum atomic E-state index is 12.5. The second-order valence-corrected chi connectivity index (χ2v) is 7.81. The molecule has 1 saturated heterocycles. The first-order valence-corrected chi connectivity index (χ1v) is 9.83. The molecular formula is C20H24F3N5O2. The number of hydrogen-bond donors (Lipinski definition) is 2. The molecule has 162 valence electrons. The summed E-state index contributed by atoms with van der Waals surface area (Å²) >= 11 is 0. The molecule has 1 aliphatic heterocycles. The molecule has 0 bridgehead atoms. The summed E-state index contributed by atoms with van der Waals surface area (Å²) in [5.41, 5.74) is 2.19. The van der Waals surface area contributed by atoms with Crippen LogP contribution in [0.4, 0.5) is 13.2 Å². The smallest absolute Gasteiger partial charge is 0.390 e. The summed E-state index contributed by atoms with van der Waals surface area (Å²) in [5, 5.41) is 22.1. The van der Waals surface area contributed by atoms with Crippen LogP contribution in [0.15, 0.2) is 30.7 Å². The van der Waals surface area contributed by atoms with E-state index in [2.05, 4.69) is 15.5 Å². The summed E-state index contributed by atoms with van der Waals surface area (Å²) in [6, 6.07) is 3.74. The average molecular weight is 423 g/mol. The SMILES string of the molecule is CC(Oc1cc(-c2cnn(CCC(F)(F)F)c2)cc2nn(C)cc12)C1CNC(O)C1. The molecule has 1 fully saturated rings. The highest BCUT2D eigenvalue weighted by Crippen LogP contribution is 2.34. The summed E-state index contributed by atoms with van der Waals surface area (Å²) in [6.07, 6.45) is -0.181. The van der Waals surface area contributed by atoms with Crippen molar-refractivity contribution in [2.75, 3.05) is 6.54 Å². The molecular weight excluding hydrogens is 399 g/mol. The molecule has 1 aliphatic rings. The highest BCUT2D eigenvalue weighted by atomic mass is 19.4. The Labute approximate surface area is 171 Å². The Morgan fingerprint density at radius 1 is 1.30 bits per heavy atom. The number of aliphatic hydroxyl groups is 1. The average Bonchev–Trinajstić information content (AvgIpc) is 3.38. The molecule has 0 amide bonds. The third-order valence-electron chi connectivity index (χ3n) is 5.41. The Hall–Kier alpha value is -2.59. The van der Waals surface area contributed by atoms with Crippen LogP contribution >= 0.6 is 0 Å². The van der Waals surface area contributed by atoms with Gasteiger partial charge in [-0.15, -0.1) is 0 Å². The number of fused-ring (bicyclic) bond motifs is 1. The number of halogens is 3. The molecule has 2 aromatic heterocycles. The predicted octanol–water partition coefficient (Wildman–Crippen LogP) is 3.08. The van der Waals surface area contributed by atoms with Crippen molar-refractivity contribution < 1.29 is 23.0 Å². The fourth-order valence-corrected chi connectivity index (χ4v) is 3.75. The quantitative estimate of drug-likeness (QED) is 0.637. The number of hydrogen-bond acceptors (Lipinski definition) is 5. The molecule has 3 atom stereocenters. The van der Waals surface area contributed by atoms with Gasteiger partial charge in [-0.2, -0.15) is 23.4 Å². The van der Waals surface area contributed by atoms with Crippen LogP contribution in [-0.4, -0.2) is 49.7 Å². The molecule has 3 aromatic rings. The second-order valence-electron chi connectivity index (χ2n) is 7.81. The van der Waals surface area contributed by atoms with E-state index in [1.807, 2.05) is 32.3 Å². The van der Waals surface area contributed by atoms with Gasteiger partial charge in [-0.1, -0.05) is 0 Å². The number of aryl methyl sites for hydroxylation is 2. The van der Waals surface area contributed by atoms with E-state index < -0.39 is 18.8 Å². The summed E-state index contributed by atoms with van der Waals surface area (Å²) in [6.45, 7) is 2.41. The fourth-order valence-electron chi connectivity index (χ4n) is 3.75. The van der Waals surface area contributed by atoms with Gasteiger partial charge in [0.1, 0.15) is 18.1 Å². The summed E-state index contributed by atoms with van der Waals surface area (Å²) in [7, 11) is 1.82. The van der Waals surface area contributed by atoms with Crippen molar-refractivity contribution in [1.82, 2.24) is 24.9 Å². The maximum absolute atomic E-state index is 12.5. The zero-order valence-electron chi connectivity index (χ0n) is 16.7. The molecule has 2 N–H and O–H groups in total. The van der Waals surface area contributed by atoms with Gasteiger partial charge in [-0.3, -0.25) is 14.7 Å². The van der Waals surface area contributed by atoms with Crippen molar-refractivity contribution >= 4 is 10.9 Å². The van der Waals surface area contributed by atoms with Crippen LogP contribution < -0.4 is 10.1 Å². The topological polar surface area (TPSA) is 77.1 Å². The van der Waals surface area contributed by atoms with E-state index in [0.29, 0.717) is 24.3 Å². The van der Waals surface area contributed by atoms with Crippen LogP contribution in [0, 0.1) is 5.92 Å². The van der Waals surface area contributed by atoms with Gasteiger partial charge in [0, 0.05) is 44.0 Å². The van der Waals surface area contributed by atoms with E-state index in [1.54, 1.807) is 17.1 Å². The molecule has 1 aromatic carbocycles. The Balaban J connectivity index is 1.61. The molecule has 0 saturated carbocycles. The summed E-state index contributed by atoms with van der Waals surface area (Å²) in [4.78, 5) is 0. The Kier molecular flexibility index (Phi) is 5.46. The van der Waals surface area contributed by atoms with Crippen molar-refractivity contribution in [2.45, 2.75) is 44.8 Å². The number of aromatic nitrogens is 4. The lowest BCUT2D eigenvalue weighted by molar-refractivity contribution is -0.137. The lowest BCUT2D eigenvalue weighted by Gasteiger charge is -2.21. The van der Waals surface area contributed by atoms with Crippen LogP contribution in [0.3, 0.4) is 0 Å². The molecule has 0 radical (unpaired) electrons. The van der Waals surface area contributed by atoms with E-state index in [1.165, 1.54) is 4.68 Å². The number of benzene rings is 1. The first-order chi connectivity index (χ1) is 14.2. The van der Waals surface area contributed by atoms with Gasteiger partial charge < -0.3 is 9.84 Å². The fraction of sp³-hybridized carbons (Fsp3) is 0.500. The Morgan fingerprint density at radius 2 is 2.10 bits per heavy atom. The molecule has 0 aliphatic carbocycles. The summed E-state index contributed by atoms with van der Waals surface area (Å²) < 4.78 is 46.7. The number of ether oxygens (including phenoxy) is 1. The van der Waals surface area contributed by atoms with Gasteiger partial charge in [0.15, 0.2) is 0 Å². The lowest BCUT2D eigenvalue weighted by atomic mass is 10.0. The third-order valence-corrected chi connectivity index (χ3v) is 5.41. The van der Waals surface area contributed by atoms with E-state index in [4.69, 9.17) is 4.74 Å². The minimum atomic E-state index is -4.22. The number of alkyl halides is 3. The maximum Gasteiger partial charge on any atom is 0.390 e.